The average molecular weight is 335 g/mol. The number of carbonyl (C=O) groups excluding carboxylic acids is 1. The first kappa shape index (κ1) is 14.5. The number of halogens is 1. The van der Waals surface area contributed by atoms with Gasteiger partial charge in [0.05, 0.1) is 18.7 Å². The zero-order valence-electron chi connectivity index (χ0n) is 11.3. The van der Waals surface area contributed by atoms with Crippen molar-refractivity contribution in [3.05, 3.63) is 58.3 Å². The third kappa shape index (κ3) is 3.36. The van der Waals surface area contributed by atoms with Crippen molar-refractivity contribution in [2.24, 2.45) is 0 Å². The number of hydrogen-bond donors (Lipinski definition) is 1. The Bertz CT molecular complexity index is 602. The van der Waals surface area contributed by atoms with Gasteiger partial charge in [0.25, 0.3) is 5.91 Å². The van der Waals surface area contributed by atoms with Gasteiger partial charge in [0.1, 0.15) is 5.75 Å². The molecule has 2 rings (SSSR count). The maximum absolute atomic E-state index is 12.3. The molecule has 2 aromatic rings. The predicted octanol–water partition coefficient (Wildman–Crippen LogP) is 3.34. The molecule has 0 radical (unpaired) electrons. The smallest absolute Gasteiger partial charge is 0.253 e. The van der Waals surface area contributed by atoms with Gasteiger partial charge in [0.2, 0.25) is 0 Å². The maximum atomic E-state index is 12.3. The quantitative estimate of drug-likeness (QED) is 0.932. The highest BCUT2D eigenvalue weighted by Gasteiger charge is 2.15. The lowest BCUT2D eigenvalue weighted by Gasteiger charge is -2.15. The van der Waals surface area contributed by atoms with Crippen molar-refractivity contribution < 1.29 is 9.53 Å². The Labute approximate surface area is 126 Å². The number of nitrogens with zero attached hydrogens (tertiary/aromatic N) is 1. The van der Waals surface area contributed by atoms with E-state index in [1.54, 1.807) is 37.7 Å². The second-order valence-electron chi connectivity index (χ2n) is 4.33. The minimum Gasteiger partial charge on any atom is -0.497 e. The molecular formula is C15H15BrN2O2. The van der Waals surface area contributed by atoms with E-state index in [1.807, 2.05) is 19.1 Å². The number of methoxy groups -OCH3 is 1. The number of pyridine rings is 1. The molecule has 20 heavy (non-hydrogen) atoms. The summed E-state index contributed by atoms with van der Waals surface area (Å²) < 4.78 is 5.87. The first-order valence-corrected chi connectivity index (χ1v) is 6.95. The molecule has 1 aromatic heterocycles. The van der Waals surface area contributed by atoms with Crippen molar-refractivity contribution >= 4 is 21.8 Å². The van der Waals surface area contributed by atoms with Gasteiger partial charge in [-0.05, 0) is 52.7 Å². The molecule has 1 aromatic carbocycles. The van der Waals surface area contributed by atoms with Gasteiger partial charge in [-0.15, -0.1) is 0 Å². The molecule has 0 aliphatic rings. The van der Waals surface area contributed by atoms with Gasteiger partial charge < -0.3 is 10.1 Å². The summed E-state index contributed by atoms with van der Waals surface area (Å²) in [5, 5.41) is 2.94. The van der Waals surface area contributed by atoms with Crippen LogP contribution in [0.4, 0.5) is 0 Å². The number of amides is 1. The topological polar surface area (TPSA) is 51.2 Å². The van der Waals surface area contributed by atoms with E-state index in [2.05, 4.69) is 26.2 Å². The summed E-state index contributed by atoms with van der Waals surface area (Å²) in [6.07, 6.45) is 3.45. The third-order valence-corrected chi connectivity index (χ3v) is 3.64. The fourth-order valence-electron chi connectivity index (χ4n) is 1.80. The second kappa shape index (κ2) is 6.52. The highest BCUT2D eigenvalue weighted by molar-refractivity contribution is 9.10. The molecule has 0 fully saturated rings. The minimum atomic E-state index is -0.160. The molecule has 1 amide bonds. The van der Waals surface area contributed by atoms with Crippen LogP contribution in [0.25, 0.3) is 0 Å². The predicted molar refractivity (Wildman–Crippen MR) is 80.8 cm³/mol. The maximum Gasteiger partial charge on any atom is 0.253 e. The Morgan fingerprint density at radius 2 is 2.20 bits per heavy atom. The molecule has 0 spiro atoms. The first-order valence-electron chi connectivity index (χ1n) is 6.16. The highest BCUT2D eigenvalue weighted by Crippen LogP contribution is 2.23. The van der Waals surface area contributed by atoms with Gasteiger partial charge in [-0.1, -0.05) is 6.07 Å². The second-order valence-corrected chi connectivity index (χ2v) is 5.18. The SMILES string of the molecule is COc1ccc(Br)c(C(=O)NC(C)c2cccnc2)c1. The van der Waals surface area contributed by atoms with E-state index in [0.29, 0.717) is 11.3 Å². The van der Waals surface area contributed by atoms with Crippen LogP contribution >= 0.6 is 15.9 Å². The summed E-state index contributed by atoms with van der Waals surface area (Å²) in [5.41, 5.74) is 1.50. The Morgan fingerprint density at radius 3 is 2.85 bits per heavy atom. The summed E-state index contributed by atoms with van der Waals surface area (Å²) >= 11 is 3.38. The molecule has 0 saturated carbocycles. The molecule has 0 bridgehead atoms. The summed E-state index contributed by atoms with van der Waals surface area (Å²) in [7, 11) is 1.57. The Balaban J connectivity index is 2.16. The van der Waals surface area contributed by atoms with Crippen molar-refractivity contribution in [3.8, 4) is 5.75 Å². The number of nitrogens with one attached hydrogen (secondary N) is 1. The number of benzene rings is 1. The molecule has 1 N–H and O–H groups in total. The van der Waals surface area contributed by atoms with E-state index < -0.39 is 0 Å². The van der Waals surface area contributed by atoms with Gasteiger partial charge in [0.15, 0.2) is 0 Å². The van der Waals surface area contributed by atoms with E-state index in [4.69, 9.17) is 4.74 Å². The van der Waals surface area contributed by atoms with E-state index in [0.717, 1.165) is 10.0 Å². The fourth-order valence-corrected chi connectivity index (χ4v) is 2.22. The van der Waals surface area contributed by atoms with Crippen molar-refractivity contribution in [1.29, 1.82) is 0 Å². The Hall–Kier alpha value is -1.88. The Kier molecular flexibility index (Phi) is 4.74. The van der Waals surface area contributed by atoms with Crippen molar-refractivity contribution in [2.45, 2.75) is 13.0 Å². The van der Waals surface area contributed by atoms with E-state index in [1.165, 1.54) is 0 Å². The largest absolute Gasteiger partial charge is 0.497 e. The van der Waals surface area contributed by atoms with Crippen LogP contribution in [0.15, 0.2) is 47.2 Å². The Morgan fingerprint density at radius 1 is 1.40 bits per heavy atom. The van der Waals surface area contributed by atoms with Crippen molar-refractivity contribution in [3.63, 3.8) is 0 Å². The monoisotopic (exact) mass is 334 g/mol. The normalized spacial score (nSPS) is 11.8. The molecule has 1 heterocycles. The van der Waals surface area contributed by atoms with Gasteiger partial charge in [0, 0.05) is 16.9 Å². The molecule has 0 aliphatic heterocycles. The molecule has 0 saturated heterocycles. The lowest BCUT2D eigenvalue weighted by atomic mass is 10.1. The number of carbonyl (C=O) groups is 1. The third-order valence-electron chi connectivity index (χ3n) is 2.95. The highest BCUT2D eigenvalue weighted by atomic mass is 79.9. The lowest BCUT2D eigenvalue weighted by Crippen LogP contribution is -2.27. The van der Waals surface area contributed by atoms with Crippen LogP contribution in [0.2, 0.25) is 0 Å². The molecule has 5 heteroatoms. The van der Waals surface area contributed by atoms with Crippen LogP contribution in [0.5, 0.6) is 5.75 Å². The fraction of sp³-hybridized carbons (Fsp3) is 0.200. The van der Waals surface area contributed by atoms with Gasteiger partial charge in [-0.3, -0.25) is 9.78 Å². The van der Waals surface area contributed by atoms with E-state index in [-0.39, 0.29) is 11.9 Å². The summed E-state index contributed by atoms with van der Waals surface area (Å²) in [5.74, 6) is 0.486. The number of ether oxygens (including phenoxy) is 1. The van der Waals surface area contributed by atoms with Crippen LogP contribution < -0.4 is 10.1 Å². The van der Waals surface area contributed by atoms with Crippen LogP contribution in [-0.2, 0) is 0 Å². The van der Waals surface area contributed by atoms with Crippen LogP contribution in [-0.4, -0.2) is 18.0 Å². The number of hydrogen-bond acceptors (Lipinski definition) is 3. The van der Waals surface area contributed by atoms with Crippen molar-refractivity contribution in [1.82, 2.24) is 10.3 Å². The average Bonchev–Trinajstić information content (AvgIpc) is 2.48. The van der Waals surface area contributed by atoms with Gasteiger partial charge in [-0.25, -0.2) is 0 Å². The molecule has 104 valence electrons. The van der Waals surface area contributed by atoms with Crippen molar-refractivity contribution in [2.75, 3.05) is 7.11 Å². The number of aromatic nitrogens is 1. The zero-order chi connectivity index (χ0) is 14.5. The van der Waals surface area contributed by atoms with Crippen LogP contribution in [0, 0.1) is 0 Å². The summed E-state index contributed by atoms with van der Waals surface area (Å²) in [6, 6.07) is 8.95. The minimum absolute atomic E-state index is 0.116. The molecular weight excluding hydrogens is 320 g/mol. The first-order chi connectivity index (χ1) is 9.61. The van der Waals surface area contributed by atoms with Gasteiger partial charge in [-0.2, -0.15) is 0 Å². The van der Waals surface area contributed by atoms with Crippen LogP contribution in [0.3, 0.4) is 0 Å². The summed E-state index contributed by atoms with van der Waals surface area (Å²) in [6.45, 7) is 1.92. The standard InChI is InChI=1S/C15H15BrN2O2/c1-10(11-4-3-7-17-9-11)18-15(19)13-8-12(20-2)5-6-14(13)16/h3-10H,1-2H3,(H,18,19). The van der Waals surface area contributed by atoms with E-state index in [9.17, 15) is 4.79 Å². The van der Waals surface area contributed by atoms with E-state index >= 15 is 0 Å². The lowest BCUT2D eigenvalue weighted by molar-refractivity contribution is 0.0938. The van der Waals surface area contributed by atoms with Crippen LogP contribution in [0.1, 0.15) is 28.9 Å². The molecule has 1 unspecified atom stereocenters. The molecule has 4 nitrogen and oxygen atoms in total. The van der Waals surface area contributed by atoms with Gasteiger partial charge >= 0.3 is 0 Å². The molecule has 1 atom stereocenters. The summed E-state index contributed by atoms with van der Waals surface area (Å²) in [4.78, 5) is 16.4. The zero-order valence-corrected chi connectivity index (χ0v) is 12.8. The molecule has 0 aliphatic carbocycles. The number of rotatable bonds is 4.